The van der Waals surface area contributed by atoms with E-state index in [2.05, 4.69) is 0 Å². The number of hydrogen-bond acceptors (Lipinski definition) is 3. The predicted octanol–water partition coefficient (Wildman–Crippen LogP) is 4.87. The van der Waals surface area contributed by atoms with Crippen LogP contribution in [0, 0.1) is 0 Å². The summed E-state index contributed by atoms with van der Waals surface area (Å²) in [5, 5.41) is 0.672. The maximum absolute atomic E-state index is 13.1. The molecule has 0 aromatic heterocycles. The number of allylic oxidation sites excluding steroid dienone is 1. The SMILES string of the molecule is CCc1ccc(-c2ccc(Cl)cc2)cc1C1C(=O)C2=CC[C@@](C)(O2)C1=O. The summed E-state index contributed by atoms with van der Waals surface area (Å²) in [5.74, 6) is -0.836. The van der Waals surface area contributed by atoms with Crippen molar-refractivity contribution in [1.82, 2.24) is 0 Å². The molecule has 0 spiro atoms. The Kier molecular flexibility index (Phi) is 4.00. The highest BCUT2D eigenvalue weighted by molar-refractivity contribution is 6.30. The van der Waals surface area contributed by atoms with E-state index in [4.69, 9.17) is 16.3 Å². The molecule has 4 rings (SSSR count). The molecule has 4 heteroatoms. The van der Waals surface area contributed by atoms with Crippen LogP contribution < -0.4 is 0 Å². The first kappa shape index (κ1) is 17.0. The van der Waals surface area contributed by atoms with Gasteiger partial charge in [0.2, 0.25) is 5.78 Å². The second-order valence-corrected chi connectivity index (χ2v) is 7.48. The average molecular weight is 367 g/mol. The molecule has 0 saturated carbocycles. The van der Waals surface area contributed by atoms with Gasteiger partial charge in [-0.3, -0.25) is 9.59 Å². The molecular weight excluding hydrogens is 348 g/mol. The Labute approximate surface area is 157 Å². The van der Waals surface area contributed by atoms with Crippen molar-refractivity contribution in [3.05, 3.63) is 70.4 Å². The van der Waals surface area contributed by atoms with Crippen molar-refractivity contribution in [2.45, 2.75) is 38.2 Å². The van der Waals surface area contributed by atoms with E-state index < -0.39 is 11.5 Å². The van der Waals surface area contributed by atoms with Gasteiger partial charge in [0.25, 0.3) is 0 Å². The molecule has 132 valence electrons. The smallest absolute Gasteiger partial charge is 0.212 e. The zero-order valence-corrected chi connectivity index (χ0v) is 15.5. The maximum atomic E-state index is 13.1. The number of carbonyl (C=O) groups is 2. The summed E-state index contributed by atoms with van der Waals surface area (Å²) in [7, 11) is 0. The van der Waals surface area contributed by atoms with Gasteiger partial charge in [0.05, 0.1) is 0 Å². The number of carbonyl (C=O) groups excluding carboxylic acids is 2. The molecule has 0 amide bonds. The molecule has 26 heavy (non-hydrogen) atoms. The summed E-state index contributed by atoms with van der Waals surface area (Å²) in [6.07, 6.45) is 2.96. The fourth-order valence-corrected chi connectivity index (χ4v) is 3.90. The zero-order chi connectivity index (χ0) is 18.5. The van der Waals surface area contributed by atoms with Gasteiger partial charge < -0.3 is 4.74 Å². The molecule has 2 aromatic rings. The average Bonchev–Trinajstić information content (AvgIpc) is 3.02. The first-order valence-corrected chi connectivity index (χ1v) is 9.17. The molecule has 2 bridgehead atoms. The lowest BCUT2D eigenvalue weighted by Crippen LogP contribution is -2.46. The van der Waals surface area contributed by atoms with E-state index in [1.54, 1.807) is 13.0 Å². The Morgan fingerprint density at radius 2 is 1.81 bits per heavy atom. The van der Waals surface area contributed by atoms with Gasteiger partial charge >= 0.3 is 0 Å². The summed E-state index contributed by atoms with van der Waals surface area (Å²) >= 11 is 5.98. The molecule has 1 saturated heterocycles. The summed E-state index contributed by atoms with van der Waals surface area (Å²) in [6.45, 7) is 3.80. The monoisotopic (exact) mass is 366 g/mol. The zero-order valence-electron chi connectivity index (χ0n) is 14.7. The molecule has 1 fully saturated rings. The van der Waals surface area contributed by atoms with E-state index in [0.717, 1.165) is 28.7 Å². The summed E-state index contributed by atoms with van der Waals surface area (Å²) in [5.41, 5.74) is 2.85. The van der Waals surface area contributed by atoms with Gasteiger partial charge in [0.15, 0.2) is 17.1 Å². The van der Waals surface area contributed by atoms with E-state index in [9.17, 15) is 9.59 Å². The Bertz CT molecular complexity index is 942. The van der Waals surface area contributed by atoms with Gasteiger partial charge in [0.1, 0.15) is 5.92 Å². The molecule has 2 heterocycles. The number of Topliss-reactive ketones (excluding diaryl/α,β-unsaturated/α-hetero) is 2. The highest BCUT2D eigenvalue weighted by atomic mass is 35.5. The minimum absolute atomic E-state index is 0.150. The maximum Gasteiger partial charge on any atom is 0.212 e. The molecule has 2 atom stereocenters. The van der Waals surface area contributed by atoms with Gasteiger partial charge in [-0.25, -0.2) is 0 Å². The third kappa shape index (κ3) is 2.58. The van der Waals surface area contributed by atoms with Gasteiger partial charge in [-0.05, 0) is 59.9 Å². The molecule has 2 aromatic carbocycles. The van der Waals surface area contributed by atoms with Crippen LogP contribution in [-0.4, -0.2) is 17.2 Å². The molecule has 3 nitrogen and oxygen atoms in total. The highest BCUT2D eigenvalue weighted by Gasteiger charge is 2.53. The Hall–Kier alpha value is -2.39. The van der Waals surface area contributed by atoms with Crippen LogP contribution in [0.4, 0.5) is 0 Å². The van der Waals surface area contributed by atoms with Crippen LogP contribution in [-0.2, 0) is 20.7 Å². The van der Waals surface area contributed by atoms with E-state index in [-0.39, 0.29) is 11.6 Å². The minimum atomic E-state index is -0.921. The van der Waals surface area contributed by atoms with Gasteiger partial charge in [-0.2, -0.15) is 0 Å². The first-order valence-electron chi connectivity index (χ1n) is 8.79. The number of hydrogen-bond donors (Lipinski definition) is 0. The summed E-state index contributed by atoms with van der Waals surface area (Å²) in [6, 6.07) is 13.5. The Morgan fingerprint density at radius 3 is 2.50 bits per heavy atom. The van der Waals surface area contributed by atoms with Crippen molar-refractivity contribution >= 4 is 23.2 Å². The van der Waals surface area contributed by atoms with E-state index >= 15 is 0 Å². The van der Waals surface area contributed by atoms with Crippen LogP contribution in [0.15, 0.2) is 54.3 Å². The third-order valence-electron chi connectivity index (χ3n) is 5.32. The van der Waals surface area contributed by atoms with Gasteiger partial charge in [-0.15, -0.1) is 0 Å². The second kappa shape index (κ2) is 6.10. The van der Waals surface area contributed by atoms with Gasteiger partial charge in [-0.1, -0.05) is 42.8 Å². The first-order chi connectivity index (χ1) is 12.4. The van der Waals surface area contributed by atoms with Gasteiger partial charge in [0, 0.05) is 11.4 Å². The lowest BCUT2D eigenvalue weighted by molar-refractivity contribution is -0.148. The minimum Gasteiger partial charge on any atom is -0.476 e. The number of fused-ring (bicyclic) bond motifs is 2. The van der Waals surface area contributed by atoms with Crippen molar-refractivity contribution < 1.29 is 14.3 Å². The normalized spacial score (nSPS) is 24.4. The van der Waals surface area contributed by atoms with Crippen molar-refractivity contribution in [3.8, 4) is 11.1 Å². The molecular formula is C22H19ClO3. The Morgan fingerprint density at radius 1 is 1.12 bits per heavy atom. The van der Waals surface area contributed by atoms with Crippen LogP contribution in [0.2, 0.25) is 5.02 Å². The number of aryl methyl sites for hydroxylation is 1. The number of benzene rings is 2. The summed E-state index contributed by atoms with van der Waals surface area (Å²) < 4.78 is 5.61. The van der Waals surface area contributed by atoms with Crippen LogP contribution in [0.25, 0.3) is 11.1 Å². The van der Waals surface area contributed by atoms with Crippen molar-refractivity contribution in [2.75, 3.05) is 0 Å². The lowest BCUT2D eigenvalue weighted by atomic mass is 9.78. The molecule has 1 unspecified atom stereocenters. The molecule has 2 aliphatic rings. The van der Waals surface area contributed by atoms with Crippen LogP contribution in [0.5, 0.6) is 0 Å². The molecule has 2 aliphatic heterocycles. The van der Waals surface area contributed by atoms with Crippen molar-refractivity contribution in [2.24, 2.45) is 0 Å². The topological polar surface area (TPSA) is 43.4 Å². The van der Waals surface area contributed by atoms with Crippen LogP contribution >= 0.6 is 11.6 Å². The summed E-state index contributed by atoms with van der Waals surface area (Å²) in [4.78, 5) is 25.9. The fourth-order valence-electron chi connectivity index (χ4n) is 3.77. The largest absolute Gasteiger partial charge is 0.476 e. The predicted molar refractivity (Wildman–Crippen MR) is 101 cm³/mol. The quantitative estimate of drug-likeness (QED) is 0.728. The lowest BCUT2D eigenvalue weighted by Gasteiger charge is -2.33. The number of ether oxygens (including phenoxy) is 1. The van der Waals surface area contributed by atoms with E-state index in [1.165, 1.54) is 0 Å². The van der Waals surface area contributed by atoms with Crippen molar-refractivity contribution in [1.29, 1.82) is 0 Å². The molecule has 0 aliphatic carbocycles. The standard InChI is InChI=1S/C22H19ClO3/c1-3-13-4-5-15(14-6-8-16(23)9-7-14)12-17(13)19-20(24)18-10-11-22(2,26-18)21(19)25/h4-10,12,19H,3,11H2,1-2H3/t19?,22-/m1/s1. The fraction of sp³-hybridized carbons (Fsp3) is 0.273. The second-order valence-electron chi connectivity index (χ2n) is 7.04. The highest BCUT2D eigenvalue weighted by Crippen LogP contribution is 2.43. The number of rotatable bonds is 3. The molecule has 0 N–H and O–H groups in total. The van der Waals surface area contributed by atoms with Crippen molar-refractivity contribution in [3.63, 3.8) is 0 Å². The van der Waals surface area contributed by atoms with Crippen LogP contribution in [0.1, 0.15) is 37.3 Å². The van der Waals surface area contributed by atoms with E-state index in [0.29, 0.717) is 17.2 Å². The number of halogens is 1. The Balaban J connectivity index is 1.83. The third-order valence-corrected chi connectivity index (χ3v) is 5.57. The number of ketones is 2. The van der Waals surface area contributed by atoms with E-state index in [1.807, 2.05) is 49.4 Å². The van der Waals surface area contributed by atoms with Crippen LogP contribution in [0.3, 0.4) is 0 Å². The molecule has 0 radical (unpaired) electrons.